The van der Waals surface area contributed by atoms with Gasteiger partial charge in [-0.3, -0.25) is 4.79 Å². The van der Waals surface area contributed by atoms with E-state index in [2.05, 4.69) is 23.8 Å². The van der Waals surface area contributed by atoms with Crippen molar-refractivity contribution in [2.45, 2.75) is 20.3 Å². The van der Waals surface area contributed by atoms with E-state index >= 15 is 0 Å². The van der Waals surface area contributed by atoms with Gasteiger partial charge in [-0.25, -0.2) is 9.97 Å². The molecule has 2 heterocycles. The van der Waals surface area contributed by atoms with Crippen LogP contribution in [-0.2, 0) is 4.79 Å². The van der Waals surface area contributed by atoms with Gasteiger partial charge in [0.2, 0.25) is 5.91 Å². The topological polar surface area (TPSA) is 49.3 Å². The molecule has 0 bridgehead atoms. The summed E-state index contributed by atoms with van der Waals surface area (Å²) in [5.74, 6) is 2.14. The van der Waals surface area contributed by atoms with Gasteiger partial charge in [0.15, 0.2) is 0 Å². The van der Waals surface area contributed by atoms with Crippen molar-refractivity contribution >= 4 is 22.6 Å². The van der Waals surface area contributed by atoms with E-state index in [-0.39, 0.29) is 5.91 Å². The summed E-state index contributed by atoms with van der Waals surface area (Å²) < 4.78 is 0. The third kappa shape index (κ3) is 3.44. The summed E-state index contributed by atoms with van der Waals surface area (Å²) in [6, 6.07) is 7.89. The van der Waals surface area contributed by atoms with E-state index in [1.54, 1.807) is 6.33 Å². The lowest BCUT2D eigenvalue weighted by atomic mass is 9.92. The molecule has 2 atom stereocenters. The Hall–Kier alpha value is -2.17. The molecule has 1 aromatic heterocycles. The van der Waals surface area contributed by atoms with E-state index in [1.807, 2.05) is 41.1 Å². The van der Waals surface area contributed by atoms with Crippen molar-refractivity contribution in [1.82, 2.24) is 14.9 Å². The van der Waals surface area contributed by atoms with Gasteiger partial charge in [0.1, 0.15) is 12.1 Å². The summed E-state index contributed by atoms with van der Waals surface area (Å²) in [5.41, 5.74) is 0.900. The van der Waals surface area contributed by atoms with Gasteiger partial charge in [0.25, 0.3) is 0 Å². The smallest absolute Gasteiger partial charge is 0.242 e. The highest BCUT2D eigenvalue weighted by Gasteiger charge is 2.26. The molecule has 5 heteroatoms. The van der Waals surface area contributed by atoms with Gasteiger partial charge in [-0.05, 0) is 30.4 Å². The first-order valence-corrected chi connectivity index (χ1v) is 8.23. The molecule has 2 aromatic rings. The lowest BCUT2D eigenvalue weighted by Gasteiger charge is -2.36. The van der Waals surface area contributed by atoms with Crippen LogP contribution in [0.1, 0.15) is 20.3 Å². The van der Waals surface area contributed by atoms with Crippen LogP contribution in [0.2, 0.25) is 0 Å². The fourth-order valence-corrected chi connectivity index (χ4v) is 3.54. The Labute approximate surface area is 137 Å². The Morgan fingerprint density at radius 3 is 2.65 bits per heavy atom. The summed E-state index contributed by atoms with van der Waals surface area (Å²) in [5, 5.41) is 0.977. The number of piperidine rings is 1. The lowest BCUT2D eigenvalue weighted by Crippen LogP contribution is -2.46. The molecule has 0 radical (unpaired) electrons. The van der Waals surface area contributed by atoms with Gasteiger partial charge in [-0.15, -0.1) is 0 Å². The number of para-hydroxylation sites is 1. The third-order valence-corrected chi connectivity index (χ3v) is 4.48. The van der Waals surface area contributed by atoms with Gasteiger partial charge in [-0.2, -0.15) is 0 Å². The number of aromatic nitrogens is 2. The molecule has 0 N–H and O–H groups in total. The molecule has 3 rings (SSSR count). The Kier molecular flexibility index (Phi) is 4.46. The number of fused-ring (bicyclic) bond motifs is 1. The average molecular weight is 312 g/mol. The molecule has 122 valence electrons. The Bertz CT molecular complexity index is 687. The van der Waals surface area contributed by atoms with Crippen LogP contribution in [0.3, 0.4) is 0 Å². The van der Waals surface area contributed by atoms with Gasteiger partial charge in [0, 0.05) is 25.5 Å². The Morgan fingerprint density at radius 2 is 1.91 bits per heavy atom. The zero-order valence-corrected chi connectivity index (χ0v) is 14.1. The SMILES string of the molecule is CC1CC(C)CN(C(=O)CN(C)c2ncnc3ccccc23)C1. The minimum atomic E-state index is 0.175. The molecule has 0 saturated carbocycles. The van der Waals surface area contributed by atoms with Crippen LogP contribution in [0.5, 0.6) is 0 Å². The summed E-state index contributed by atoms with van der Waals surface area (Å²) in [4.78, 5) is 25.2. The van der Waals surface area contributed by atoms with Crippen LogP contribution in [0.4, 0.5) is 5.82 Å². The van der Waals surface area contributed by atoms with E-state index in [9.17, 15) is 4.79 Å². The second-order valence-electron chi connectivity index (χ2n) is 6.82. The molecule has 0 spiro atoms. The van der Waals surface area contributed by atoms with Crippen LogP contribution in [0.15, 0.2) is 30.6 Å². The second kappa shape index (κ2) is 6.52. The van der Waals surface area contributed by atoms with Crippen LogP contribution in [0, 0.1) is 11.8 Å². The van der Waals surface area contributed by atoms with E-state index in [1.165, 1.54) is 6.42 Å². The molecule has 5 nitrogen and oxygen atoms in total. The van der Waals surface area contributed by atoms with Crippen molar-refractivity contribution in [2.75, 3.05) is 31.6 Å². The van der Waals surface area contributed by atoms with Crippen molar-refractivity contribution in [3.05, 3.63) is 30.6 Å². The van der Waals surface area contributed by atoms with Crippen LogP contribution in [0.25, 0.3) is 10.9 Å². The molecule has 23 heavy (non-hydrogen) atoms. The number of carbonyl (C=O) groups is 1. The first kappa shape index (κ1) is 15.7. The normalized spacial score (nSPS) is 21.4. The Balaban J connectivity index is 1.75. The predicted molar refractivity (Wildman–Crippen MR) is 92.3 cm³/mol. The van der Waals surface area contributed by atoms with Crippen molar-refractivity contribution in [3.8, 4) is 0 Å². The molecule has 1 aliphatic heterocycles. The largest absolute Gasteiger partial charge is 0.350 e. The number of carbonyl (C=O) groups excluding carboxylic acids is 1. The standard InChI is InChI=1S/C18H24N4O/c1-13-8-14(2)10-22(9-13)17(23)11-21(3)18-15-6-4-5-7-16(15)19-12-20-18/h4-7,12-14H,8-11H2,1-3H3. The van der Waals surface area contributed by atoms with Crippen molar-refractivity contribution in [1.29, 1.82) is 0 Å². The second-order valence-corrected chi connectivity index (χ2v) is 6.82. The monoisotopic (exact) mass is 312 g/mol. The zero-order chi connectivity index (χ0) is 16.4. The molecule has 1 aromatic carbocycles. The zero-order valence-electron chi connectivity index (χ0n) is 14.1. The van der Waals surface area contributed by atoms with Gasteiger partial charge in [0.05, 0.1) is 12.1 Å². The summed E-state index contributed by atoms with van der Waals surface area (Å²) in [6.07, 6.45) is 2.76. The fourth-order valence-electron chi connectivity index (χ4n) is 3.54. The molecular weight excluding hydrogens is 288 g/mol. The van der Waals surface area contributed by atoms with Crippen molar-refractivity contribution in [2.24, 2.45) is 11.8 Å². The molecule has 0 aliphatic carbocycles. The van der Waals surface area contributed by atoms with E-state index < -0.39 is 0 Å². The number of amides is 1. The molecular formula is C18H24N4O. The van der Waals surface area contributed by atoms with Crippen LogP contribution in [-0.4, -0.2) is 47.5 Å². The summed E-state index contributed by atoms with van der Waals surface area (Å²) >= 11 is 0. The number of likely N-dealkylation sites (N-methyl/N-ethyl adjacent to an activating group) is 1. The maximum atomic E-state index is 12.6. The minimum Gasteiger partial charge on any atom is -0.350 e. The quantitative estimate of drug-likeness (QED) is 0.874. The lowest BCUT2D eigenvalue weighted by molar-refractivity contribution is -0.132. The number of rotatable bonds is 3. The fraction of sp³-hybridized carbons (Fsp3) is 0.500. The average Bonchev–Trinajstić information content (AvgIpc) is 2.53. The highest BCUT2D eigenvalue weighted by molar-refractivity contribution is 5.91. The number of nitrogens with zero attached hydrogens (tertiary/aromatic N) is 4. The van der Waals surface area contributed by atoms with Crippen molar-refractivity contribution < 1.29 is 4.79 Å². The number of likely N-dealkylation sites (tertiary alicyclic amines) is 1. The maximum absolute atomic E-state index is 12.6. The van der Waals surface area contributed by atoms with Gasteiger partial charge in [-0.1, -0.05) is 26.0 Å². The highest BCUT2D eigenvalue weighted by atomic mass is 16.2. The first-order valence-electron chi connectivity index (χ1n) is 8.23. The summed E-state index contributed by atoms with van der Waals surface area (Å²) in [7, 11) is 1.92. The maximum Gasteiger partial charge on any atom is 0.242 e. The highest BCUT2D eigenvalue weighted by Crippen LogP contribution is 2.23. The van der Waals surface area contributed by atoms with Gasteiger partial charge < -0.3 is 9.80 Å². The van der Waals surface area contributed by atoms with Crippen LogP contribution >= 0.6 is 0 Å². The molecule has 1 saturated heterocycles. The minimum absolute atomic E-state index is 0.175. The molecule has 2 unspecified atom stereocenters. The molecule has 1 fully saturated rings. The van der Waals surface area contributed by atoms with E-state index in [0.29, 0.717) is 18.4 Å². The van der Waals surface area contributed by atoms with E-state index in [4.69, 9.17) is 0 Å². The molecule has 1 aliphatic rings. The number of benzene rings is 1. The predicted octanol–water partition coefficient (Wildman–Crippen LogP) is 2.57. The van der Waals surface area contributed by atoms with E-state index in [0.717, 1.165) is 29.8 Å². The number of anilines is 1. The molecule has 1 amide bonds. The number of hydrogen-bond donors (Lipinski definition) is 0. The first-order chi connectivity index (χ1) is 11.0. The summed E-state index contributed by atoms with van der Waals surface area (Å²) in [6.45, 7) is 6.51. The number of hydrogen-bond acceptors (Lipinski definition) is 4. The van der Waals surface area contributed by atoms with Crippen molar-refractivity contribution in [3.63, 3.8) is 0 Å². The Morgan fingerprint density at radius 1 is 1.22 bits per heavy atom. The third-order valence-electron chi connectivity index (χ3n) is 4.48. The van der Waals surface area contributed by atoms with Crippen LogP contribution < -0.4 is 4.90 Å². The van der Waals surface area contributed by atoms with Gasteiger partial charge >= 0.3 is 0 Å².